The van der Waals surface area contributed by atoms with Crippen LogP contribution < -0.4 is 9.47 Å². The van der Waals surface area contributed by atoms with E-state index in [1.54, 1.807) is 14.2 Å². The third kappa shape index (κ3) is 2.42. The summed E-state index contributed by atoms with van der Waals surface area (Å²) in [4.78, 5) is 0. The molecule has 0 aromatic heterocycles. The molecule has 0 N–H and O–H groups in total. The van der Waals surface area contributed by atoms with Gasteiger partial charge in [0.2, 0.25) is 0 Å². The SMILES string of the molecule is C=C1COC(c2ccc(OC)cc2)(c2ccc(OC)cc2)O1. The minimum atomic E-state index is -0.977. The van der Waals surface area contributed by atoms with Crippen LogP contribution in [0.2, 0.25) is 0 Å². The van der Waals surface area contributed by atoms with E-state index < -0.39 is 5.79 Å². The molecule has 0 spiro atoms. The molecule has 2 aromatic rings. The van der Waals surface area contributed by atoms with Gasteiger partial charge in [-0.15, -0.1) is 0 Å². The summed E-state index contributed by atoms with van der Waals surface area (Å²) in [5.41, 5.74) is 1.77. The Bertz CT molecular complexity index is 611. The number of rotatable bonds is 4. The van der Waals surface area contributed by atoms with Crippen molar-refractivity contribution in [2.24, 2.45) is 0 Å². The Hall–Kier alpha value is -2.46. The van der Waals surface area contributed by atoms with Crippen molar-refractivity contribution >= 4 is 0 Å². The smallest absolute Gasteiger partial charge is 0.264 e. The second-order valence-electron chi connectivity index (χ2n) is 5.00. The molecular formula is C18H18O4. The van der Waals surface area contributed by atoms with Crippen molar-refractivity contribution in [2.75, 3.05) is 20.8 Å². The monoisotopic (exact) mass is 298 g/mol. The number of hydrogen-bond acceptors (Lipinski definition) is 4. The van der Waals surface area contributed by atoms with Gasteiger partial charge in [-0.3, -0.25) is 0 Å². The van der Waals surface area contributed by atoms with Crippen LogP contribution in [0.1, 0.15) is 11.1 Å². The Morgan fingerprint density at radius 1 is 0.864 bits per heavy atom. The summed E-state index contributed by atoms with van der Waals surface area (Å²) < 4.78 is 22.4. The largest absolute Gasteiger partial charge is 0.497 e. The van der Waals surface area contributed by atoms with E-state index in [1.807, 2.05) is 48.5 Å². The first kappa shape index (κ1) is 14.5. The van der Waals surface area contributed by atoms with Gasteiger partial charge in [0.05, 0.1) is 14.2 Å². The van der Waals surface area contributed by atoms with Gasteiger partial charge in [0.1, 0.15) is 23.9 Å². The molecule has 1 aliphatic rings. The highest BCUT2D eigenvalue weighted by molar-refractivity contribution is 5.40. The minimum absolute atomic E-state index is 0.359. The summed E-state index contributed by atoms with van der Waals surface area (Å²) in [6, 6.07) is 15.3. The fourth-order valence-electron chi connectivity index (χ4n) is 2.52. The van der Waals surface area contributed by atoms with E-state index >= 15 is 0 Å². The zero-order chi connectivity index (χ0) is 15.6. The van der Waals surface area contributed by atoms with E-state index in [2.05, 4.69) is 6.58 Å². The summed E-state index contributed by atoms with van der Waals surface area (Å²) in [5, 5.41) is 0. The molecule has 4 nitrogen and oxygen atoms in total. The third-order valence-electron chi connectivity index (χ3n) is 3.66. The molecule has 0 unspecified atom stereocenters. The van der Waals surface area contributed by atoms with Gasteiger partial charge in [0.15, 0.2) is 0 Å². The molecule has 22 heavy (non-hydrogen) atoms. The fraction of sp³-hybridized carbons (Fsp3) is 0.222. The highest BCUT2D eigenvalue weighted by Crippen LogP contribution is 2.42. The Balaban J connectivity index is 2.05. The van der Waals surface area contributed by atoms with Crippen molar-refractivity contribution in [3.63, 3.8) is 0 Å². The molecule has 1 fully saturated rings. The Morgan fingerprint density at radius 3 is 1.64 bits per heavy atom. The van der Waals surface area contributed by atoms with E-state index in [0.29, 0.717) is 12.4 Å². The normalized spacial score (nSPS) is 16.2. The van der Waals surface area contributed by atoms with Crippen LogP contribution in [-0.2, 0) is 15.3 Å². The number of methoxy groups -OCH3 is 2. The third-order valence-corrected chi connectivity index (χ3v) is 3.66. The molecular weight excluding hydrogens is 280 g/mol. The van der Waals surface area contributed by atoms with E-state index in [4.69, 9.17) is 18.9 Å². The van der Waals surface area contributed by atoms with Crippen molar-refractivity contribution in [1.29, 1.82) is 0 Å². The van der Waals surface area contributed by atoms with Gasteiger partial charge in [-0.25, -0.2) is 0 Å². The molecule has 4 heteroatoms. The first-order valence-electron chi connectivity index (χ1n) is 6.98. The Kier molecular flexibility index (Phi) is 3.77. The zero-order valence-corrected chi connectivity index (χ0v) is 12.7. The average Bonchev–Trinajstić information content (AvgIpc) is 2.98. The molecule has 1 aliphatic heterocycles. The predicted molar refractivity (Wildman–Crippen MR) is 82.9 cm³/mol. The van der Waals surface area contributed by atoms with Crippen LogP contribution in [0.15, 0.2) is 60.9 Å². The molecule has 0 amide bonds. The molecule has 1 heterocycles. The van der Waals surface area contributed by atoms with E-state index in [9.17, 15) is 0 Å². The molecule has 0 radical (unpaired) electrons. The lowest BCUT2D eigenvalue weighted by Gasteiger charge is -2.28. The molecule has 0 atom stereocenters. The molecule has 2 aromatic carbocycles. The van der Waals surface area contributed by atoms with Crippen molar-refractivity contribution in [3.05, 3.63) is 72.0 Å². The van der Waals surface area contributed by atoms with Crippen LogP contribution in [0, 0.1) is 0 Å². The van der Waals surface area contributed by atoms with Gasteiger partial charge in [-0.1, -0.05) is 6.58 Å². The van der Waals surface area contributed by atoms with Crippen LogP contribution in [0.5, 0.6) is 11.5 Å². The maximum absolute atomic E-state index is 5.97. The highest BCUT2D eigenvalue weighted by atomic mass is 16.7. The predicted octanol–water partition coefficient (Wildman–Crippen LogP) is 3.47. The zero-order valence-electron chi connectivity index (χ0n) is 12.7. The van der Waals surface area contributed by atoms with Gasteiger partial charge >= 0.3 is 0 Å². The second-order valence-corrected chi connectivity index (χ2v) is 5.00. The summed E-state index contributed by atoms with van der Waals surface area (Å²) >= 11 is 0. The van der Waals surface area contributed by atoms with Crippen LogP contribution in [0.3, 0.4) is 0 Å². The molecule has 0 bridgehead atoms. The lowest BCUT2D eigenvalue weighted by molar-refractivity contribution is -0.120. The van der Waals surface area contributed by atoms with Gasteiger partial charge < -0.3 is 18.9 Å². The van der Waals surface area contributed by atoms with Crippen LogP contribution >= 0.6 is 0 Å². The highest BCUT2D eigenvalue weighted by Gasteiger charge is 2.43. The van der Waals surface area contributed by atoms with Crippen molar-refractivity contribution < 1.29 is 18.9 Å². The standard InChI is InChI=1S/C18H18O4/c1-13-12-21-18(22-13,14-4-8-16(19-2)9-5-14)15-6-10-17(20-3)11-7-15/h4-11H,1,12H2,2-3H3. The van der Waals surface area contributed by atoms with E-state index in [-0.39, 0.29) is 0 Å². The summed E-state index contributed by atoms with van der Waals surface area (Å²) in [6.45, 7) is 4.23. The molecule has 0 saturated carbocycles. The number of ether oxygens (including phenoxy) is 4. The summed E-state index contributed by atoms with van der Waals surface area (Å²) in [5.74, 6) is 1.19. The Morgan fingerprint density at radius 2 is 1.32 bits per heavy atom. The first-order valence-corrected chi connectivity index (χ1v) is 6.98. The van der Waals surface area contributed by atoms with Crippen molar-refractivity contribution in [2.45, 2.75) is 5.79 Å². The maximum Gasteiger partial charge on any atom is 0.264 e. The minimum Gasteiger partial charge on any atom is -0.497 e. The molecule has 1 saturated heterocycles. The van der Waals surface area contributed by atoms with E-state index in [1.165, 1.54) is 0 Å². The van der Waals surface area contributed by atoms with Crippen molar-refractivity contribution in [1.82, 2.24) is 0 Å². The first-order chi connectivity index (χ1) is 10.7. The number of benzene rings is 2. The second kappa shape index (κ2) is 5.73. The van der Waals surface area contributed by atoms with E-state index in [0.717, 1.165) is 22.6 Å². The lowest BCUT2D eigenvalue weighted by atomic mass is 9.97. The van der Waals surface area contributed by atoms with Gasteiger partial charge in [0.25, 0.3) is 5.79 Å². The average molecular weight is 298 g/mol. The molecule has 114 valence electrons. The molecule has 0 aliphatic carbocycles. The van der Waals surface area contributed by atoms with Gasteiger partial charge in [-0.2, -0.15) is 0 Å². The van der Waals surface area contributed by atoms with Crippen LogP contribution in [0.4, 0.5) is 0 Å². The quantitative estimate of drug-likeness (QED) is 0.866. The summed E-state index contributed by atoms with van der Waals surface area (Å²) in [7, 11) is 3.28. The van der Waals surface area contributed by atoms with Crippen LogP contribution in [0.25, 0.3) is 0 Å². The Labute approximate surface area is 129 Å². The summed E-state index contributed by atoms with van der Waals surface area (Å²) in [6.07, 6.45) is 0. The number of hydrogen-bond donors (Lipinski definition) is 0. The van der Waals surface area contributed by atoms with Gasteiger partial charge in [-0.05, 0) is 48.5 Å². The lowest BCUT2D eigenvalue weighted by Crippen LogP contribution is -2.28. The van der Waals surface area contributed by atoms with Gasteiger partial charge in [0, 0.05) is 11.1 Å². The fourth-order valence-corrected chi connectivity index (χ4v) is 2.52. The van der Waals surface area contributed by atoms with Crippen molar-refractivity contribution in [3.8, 4) is 11.5 Å². The van der Waals surface area contributed by atoms with Crippen LogP contribution in [-0.4, -0.2) is 20.8 Å². The molecule has 3 rings (SSSR count). The maximum atomic E-state index is 5.97. The topological polar surface area (TPSA) is 36.9 Å².